The normalized spacial score (nSPS) is 19.2. The zero-order valence-electron chi connectivity index (χ0n) is 12.9. The van der Waals surface area contributed by atoms with E-state index >= 15 is 0 Å². The van der Waals surface area contributed by atoms with E-state index in [-0.39, 0.29) is 18.0 Å². The third kappa shape index (κ3) is 2.56. The summed E-state index contributed by atoms with van der Waals surface area (Å²) in [7, 11) is 0. The molecule has 23 heavy (non-hydrogen) atoms. The van der Waals surface area contributed by atoms with Crippen LogP contribution in [0, 0.1) is 5.41 Å². The summed E-state index contributed by atoms with van der Waals surface area (Å²) in [6, 6.07) is 13.6. The van der Waals surface area contributed by atoms with E-state index in [1.165, 1.54) is 22.5 Å². The van der Waals surface area contributed by atoms with Crippen LogP contribution < -0.4 is 5.56 Å². The van der Waals surface area contributed by atoms with Gasteiger partial charge in [-0.2, -0.15) is 5.10 Å². The minimum atomic E-state index is -0.233. The molecule has 0 unspecified atom stereocenters. The Bertz CT molecular complexity index is 770. The Morgan fingerprint density at radius 2 is 1.87 bits per heavy atom. The average Bonchev–Trinajstić information content (AvgIpc) is 2.48. The van der Waals surface area contributed by atoms with Crippen molar-refractivity contribution in [3.63, 3.8) is 0 Å². The summed E-state index contributed by atoms with van der Waals surface area (Å²) in [5.41, 5.74) is 1.48. The van der Waals surface area contributed by atoms with Gasteiger partial charge in [-0.05, 0) is 30.4 Å². The minimum absolute atomic E-state index is 0.0143. The molecule has 118 valence electrons. The predicted molar refractivity (Wildman–Crippen MR) is 85.9 cm³/mol. The average molecular weight is 309 g/mol. The molecule has 2 aliphatic rings. The molecule has 1 aromatic heterocycles. The van der Waals surface area contributed by atoms with Gasteiger partial charge in [-0.3, -0.25) is 9.59 Å². The molecule has 1 saturated carbocycles. The highest BCUT2D eigenvalue weighted by Crippen LogP contribution is 2.55. The molecule has 0 atom stereocenters. The zero-order valence-corrected chi connectivity index (χ0v) is 12.9. The second-order valence-corrected chi connectivity index (χ2v) is 6.79. The number of benzene rings is 1. The number of likely N-dealkylation sites (tertiary alicyclic amines) is 1. The van der Waals surface area contributed by atoms with Gasteiger partial charge in [-0.1, -0.05) is 30.3 Å². The topological polar surface area (TPSA) is 55.2 Å². The number of aromatic nitrogens is 2. The molecule has 5 nitrogen and oxygen atoms in total. The molecule has 1 saturated heterocycles. The van der Waals surface area contributed by atoms with Crippen LogP contribution in [0.3, 0.4) is 0 Å². The van der Waals surface area contributed by atoms with E-state index < -0.39 is 0 Å². The predicted octanol–water partition coefficient (Wildman–Crippen LogP) is 1.65. The lowest BCUT2D eigenvalue weighted by molar-refractivity contribution is -0.152. The molecule has 0 bridgehead atoms. The van der Waals surface area contributed by atoms with Crippen LogP contribution in [0.4, 0.5) is 0 Å². The summed E-state index contributed by atoms with van der Waals surface area (Å²) in [4.78, 5) is 25.7. The summed E-state index contributed by atoms with van der Waals surface area (Å²) >= 11 is 0. The first kappa shape index (κ1) is 14.2. The van der Waals surface area contributed by atoms with Crippen molar-refractivity contribution in [1.82, 2.24) is 14.7 Å². The Labute approximate surface area is 134 Å². The molecule has 1 amide bonds. The highest BCUT2D eigenvalue weighted by Gasteiger charge is 2.53. The molecule has 2 aromatic rings. The molecular weight excluding hydrogens is 290 g/mol. The lowest BCUT2D eigenvalue weighted by Gasteiger charge is -2.59. The number of rotatable bonds is 3. The van der Waals surface area contributed by atoms with Crippen LogP contribution in [0.25, 0.3) is 0 Å². The number of carbonyl (C=O) groups is 1. The standard InChI is InChI=1S/C18H19N3O2/c22-16-7-4-8-19-21(16)11-17(23)20-12-18(13-20)9-15(10-18)14-5-2-1-3-6-14/h1-8,15H,9-13H2. The van der Waals surface area contributed by atoms with Crippen molar-refractivity contribution in [3.8, 4) is 0 Å². The van der Waals surface area contributed by atoms with Gasteiger partial charge in [0, 0.05) is 30.8 Å². The van der Waals surface area contributed by atoms with Gasteiger partial charge in [0.15, 0.2) is 0 Å². The molecule has 1 spiro atoms. The summed E-state index contributed by atoms with van der Waals surface area (Å²) in [5.74, 6) is 0.617. The quantitative estimate of drug-likeness (QED) is 0.866. The lowest BCUT2D eigenvalue weighted by atomic mass is 9.56. The molecule has 1 aliphatic carbocycles. The molecule has 0 N–H and O–H groups in total. The van der Waals surface area contributed by atoms with Crippen molar-refractivity contribution in [2.24, 2.45) is 5.41 Å². The molecular formula is C18H19N3O2. The first-order chi connectivity index (χ1) is 11.2. The SMILES string of the molecule is O=C(Cn1ncccc1=O)N1CC2(CC(c3ccccc3)C2)C1. The van der Waals surface area contributed by atoms with E-state index in [0.717, 1.165) is 25.9 Å². The van der Waals surface area contributed by atoms with Gasteiger partial charge in [-0.15, -0.1) is 0 Å². The van der Waals surface area contributed by atoms with Crippen LogP contribution in [-0.2, 0) is 11.3 Å². The van der Waals surface area contributed by atoms with E-state index in [0.29, 0.717) is 11.3 Å². The highest BCUT2D eigenvalue weighted by molar-refractivity contribution is 5.77. The third-order valence-electron chi connectivity index (χ3n) is 5.11. The monoisotopic (exact) mass is 309 g/mol. The zero-order chi connectivity index (χ0) is 15.9. The van der Waals surface area contributed by atoms with Crippen LogP contribution in [0.2, 0.25) is 0 Å². The Morgan fingerprint density at radius 1 is 1.13 bits per heavy atom. The number of hydrogen-bond donors (Lipinski definition) is 0. The summed E-state index contributed by atoms with van der Waals surface area (Å²) in [6.45, 7) is 1.67. The molecule has 2 heterocycles. The van der Waals surface area contributed by atoms with E-state index in [9.17, 15) is 9.59 Å². The largest absolute Gasteiger partial charge is 0.340 e. The van der Waals surface area contributed by atoms with E-state index in [4.69, 9.17) is 0 Å². The maximum atomic E-state index is 12.3. The summed E-state index contributed by atoms with van der Waals surface area (Å²) < 4.78 is 1.22. The smallest absolute Gasteiger partial charge is 0.267 e. The van der Waals surface area contributed by atoms with Crippen LogP contribution in [0.15, 0.2) is 53.5 Å². The van der Waals surface area contributed by atoms with E-state index in [1.807, 2.05) is 11.0 Å². The molecule has 2 fully saturated rings. The summed E-state index contributed by atoms with van der Waals surface area (Å²) in [6.07, 6.45) is 3.84. The lowest BCUT2D eigenvalue weighted by Crippen LogP contribution is -2.63. The van der Waals surface area contributed by atoms with Crippen molar-refractivity contribution in [2.75, 3.05) is 13.1 Å². The van der Waals surface area contributed by atoms with Gasteiger partial charge >= 0.3 is 0 Å². The summed E-state index contributed by atoms with van der Waals surface area (Å²) in [5, 5.41) is 3.94. The first-order valence-corrected chi connectivity index (χ1v) is 8.00. The van der Waals surface area contributed by atoms with Gasteiger partial charge < -0.3 is 4.90 Å². The van der Waals surface area contributed by atoms with E-state index in [1.54, 1.807) is 6.07 Å². The Hall–Kier alpha value is -2.43. The van der Waals surface area contributed by atoms with Crippen molar-refractivity contribution in [3.05, 3.63) is 64.6 Å². The van der Waals surface area contributed by atoms with Gasteiger partial charge in [0.2, 0.25) is 5.91 Å². The Balaban J connectivity index is 1.32. The highest BCUT2D eigenvalue weighted by atomic mass is 16.2. The second kappa shape index (κ2) is 5.33. The molecule has 4 rings (SSSR count). The Morgan fingerprint density at radius 3 is 2.57 bits per heavy atom. The fourth-order valence-electron chi connectivity index (χ4n) is 3.88. The van der Waals surface area contributed by atoms with Crippen molar-refractivity contribution in [1.29, 1.82) is 0 Å². The van der Waals surface area contributed by atoms with Crippen LogP contribution in [0.5, 0.6) is 0 Å². The van der Waals surface area contributed by atoms with E-state index in [2.05, 4.69) is 29.4 Å². The maximum absolute atomic E-state index is 12.3. The van der Waals surface area contributed by atoms with Crippen LogP contribution >= 0.6 is 0 Å². The van der Waals surface area contributed by atoms with Gasteiger partial charge in [0.05, 0.1) is 0 Å². The fourth-order valence-corrected chi connectivity index (χ4v) is 3.88. The van der Waals surface area contributed by atoms with Crippen molar-refractivity contribution in [2.45, 2.75) is 25.3 Å². The molecule has 5 heteroatoms. The fraction of sp³-hybridized carbons (Fsp3) is 0.389. The minimum Gasteiger partial charge on any atom is -0.340 e. The van der Waals surface area contributed by atoms with Crippen LogP contribution in [-0.4, -0.2) is 33.7 Å². The number of hydrogen-bond acceptors (Lipinski definition) is 3. The van der Waals surface area contributed by atoms with Gasteiger partial charge in [0.25, 0.3) is 5.56 Å². The second-order valence-electron chi connectivity index (χ2n) is 6.79. The Kier molecular flexibility index (Phi) is 3.29. The van der Waals surface area contributed by atoms with Gasteiger partial charge in [0.1, 0.15) is 6.54 Å². The molecule has 1 aromatic carbocycles. The maximum Gasteiger partial charge on any atom is 0.267 e. The molecule has 0 radical (unpaired) electrons. The molecule has 1 aliphatic heterocycles. The van der Waals surface area contributed by atoms with Crippen molar-refractivity contribution < 1.29 is 4.79 Å². The van der Waals surface area contributed by atoms with Crippen LogP contribution in [0.1, 0.15) is 24.3 Å². The number of carbonyl (C=O) groups excluding carboxylic acids is 1. The van der Waals surface area contributed by atoms with Crippen molar-refractivity contribution >= 4 is 5.91 Å². The first-order valence-electron chi connectivity index (χ1n) is 8.00. The number of nitrogens with zero attached hydrogens (tertiary/aromatic N) is 3. The number of amides is 1. The third-order valence-corrected chi connectivity index (χ3v) is 5.11. The van der Waals surface area contributed by atoms with Gasteiger partial charge in [-0.25, -0.2) is 4.68 Å².